The molecule has 3 amide bonds. The van der Waals surface area contributed by atoms with Gasteiger partial charge in [0, 0.05) is 6.54 Å². The third-order valence-corrected chi connectivity index (χ3v) is 4.22. The van der Waals surface area contributed by atoms with Gasteiger partial charge < -0.3 is 15.0 Å². The van der Waals surface area contributed by atoms with Crippen LogP contribution in [-0.2, 0) is 14.3 Å². The number of hydrogen-bond acceptors (Lipinski definition) is 7. The first-order valence-electron chi connectivity index (χ1n) is 8.46. The van der Waals surface area contributed by atoms with E-state index in [1.807, 2.05) is 0 Å². The van der Waals surface area contributed by atoms with Crippen LogP contribution in [0.2, 0.25) is 0 Å². The summed E-state index contributed by atoms with van der Waals surface area (Å²) in [4.78, 5) is 36.9. The van der Waals surface area contributed by atoms with E-state index in [0.717, 1.165) is 0 Å². The van der Waals surface area contributed by atoms with E-state index in [1.165, 1.54) is 28.4 Å². The molecule has 0 spiro atoms. The van der Waals surface area contributed by atoms with Gasteiger partial charge in [-0.3, -0.25) is 14.5 Å². The molecule has 1 aromatic carbocycles. The van der Waals surface area contributed by atoms with Gasteiger partial charge in [-0.2, -0.15) is 10.4 Å². The second kappa shape index (κ2) is 8.34. The number of halogens is 1. The van der Waals surface area contributed by atoms with Gasteiger partial charge in [0.05, 0.1) is 37.1 Å². The first-order valence-corrected chi connectivity index (χ1v) is 8.46. The second-order valence-electron chi connectivity index (χ2n) is 6.08. The van der Waals surface area contributed by atoms with E-state index < -0.39 is 23.9 Å². The van der Waals surface area contributed by atoms with Crippen LogP contribution in [0.3, 0.4) is 0 Å². The van der Waals surface area contributed by atoms with Crippen molar-refractivity contribution in [3.05, 3.63) is 24.0 Å². The Morgan fingerprint density at radius 1 is 1.46 bits per heavy atom. The number of benzene rings is 1. The van der Waals surface area contributed by atoms with Crippen molar-refractivity contribution in [1.29, 1.82) is 5.26 Å². The van der Waals surface area contributed by atoms with Crippen molar-refractivity contribution in [2.45, 2.75) is 12.5 Å². The summed E-state index contributed by atoms with van der Waals surface area (Å²) in [5.74, 6) is -1.01. The molecule has 1 fully saturated rings. The van der Waals surface area contributed by atoms with Gasteiger partial charge in [0.25, 0.3) is 0 Å². The minimum absolute atomic E-state index is 0.0702. The van der Waals surface area contributed by atoms with E-state index in [4.69, 9.17) is 10.00 Å². The molecule has 0 radical (unpaired) electrons. The van der Waals surface area contributed by atoms with Crippen molar-refractivity contribution in [3.8, 4) is 6.07 Å². The number of hydrazone groups is 1. The number of nitrogens with zero attached hydrogens (tertiary/aromatic N) is 5. The van der Waals surface area contributed by atoms with Gasteiger partial charge in [0.2, 0.25) is 12.3 Å². The Bertz CT molecular complexity index is 855. The van der Waals surface area contributed by atoms with Crippen molar-refractivity contribution in [2.75, 3.05) is 36.0 Å². The molecule has 146 valence electrons. The molecule has 0 unspecified atom stereocenters. The number of hydrogen-bond donors (Lipinski definition) is 1. The molecule has 0 aliphatic carbocycles. The van der Waals surface area contributed by atoms with Crippen molar-refractivity contribution in [2.24, 2.45) is 5.10 Å². The quantitative estimate of drug-likeness (QED) is 0.705. The number of nitrogens with one attached hydrogen (secondary N) is 1. The smallest absolute Gasteiger partial charge is 0.414 e. The van der Waals surface area contributed by atoms with Gasteiger partial charge in [-0.05, 0) is 18.2 Å². The summed E-state index contributed by atoms with van der Waals surface area (Å²) in [6.07, 6.45) is 0.432. The highest BCUT2D eigenvalue weighted by molar-refractivity contribution is 5.90. The van der Waals surface area contributed by atoms with Gasteiger partial charge in [0.15, 0.2) is 0 Å². The van der Waals surface area contributed by atoms with Crippen LogP contribution >= 0.6 is 0 Å². The maximum Gasteiger partial charge on any atom is 0.414 e. The van der Waals surface area contributed by atoms with E-state index in [1.54, 1.807) is 17.0 Å². The summed E-state index contributed by atoms with van der Waals surface area (Å²) in [5.41, 5.74) is 0.589. The first-order chi connectivity index (χ1) is 13.5. The Balaban J connectivity index is 1.65. The number of anilines is 2. The summed E-state index contributed by atoms with van der Waals surface area (Å²) >= 11 is 0. The normalized spacial score (nSPS) is 18.6. The summed E-state index contributed by atoms with van der Waals surface area (Å²) < 4.78 is 19.7. The number of rotatable bonds is 6. The molecule has 28 heavy (non-hydrogen) atoms. The Hall–Kier alpha value is -3.68. The minimum Gasteiger partial charge on any atom is -0.442 e. The van der Waals surface area contributed by atoms with Crippen LogP contribution in [-0.4, -0.2) is 62.0 Å². The van der Waals surface area contributed by atoms with Crippen molar-refractivity contribution in [1.82, 2.24) is 10.3 Å². The molecule has 2 heterocycles. The number of carbonyl (C=O) groups excluding carboxylic acids is 3. The van der Waals surface area contributed by atoms with E-state index in [0.29, 0.717) is 25.2 Å². The zero-order valence-corrected chi connectivity index (χ0v) is 14.7. The topological polar surface area (TPSA) is 118 Å². The Labute approximate surface area is 159 Å². The molecular formula is C17H17FN6O4. The fourth-order valence-corrected chi connectivity index (χ4v) is 2.81. The zero-order valence-electron chi connectivity index (χ0n) is 14.7. The maximum atomic E-state index is 14.6. The lowest BCUT2D eigenvalue weighted by Crippen LogP contribution is -2.37. The van der Waals surface area contributed by atoms with Gasteiger partial charge >= 0.3 is 6.09 Å². The van der Waals surface area contributed by atoms with Crippen LogP contribution in [0.1, 0.15) is 6.42 Å². The number of nitriles is 1. The Kier molecular flexibility index (Phi) is 5.69. The van der Waals surface area contributed by atoms with Gasteiger partial charge in [-0.25, -0.2) is 14.2 Å². The lowest BCUT2D eigenvalue weighted by Gasteiger charge is -2.27. The highest BCUT2D eigenvalue weighted by Gasteiger charge is 2.33. The van der Waals surface area contributed by atoms with E-state index >= 15 is 0 Å². The van der Waals surface area contributed by atoms with Gasteiger partial charge in [-0.1, -0.05) is 0 Å². The molecule has 10 nitrogen and oxygen atoms in total. The van der Waals surface area contributed by atoms with Crippen molar-refractivity contribution < 1.29 is 23.5 Å². The molecular weight excluding hydrogens is 371 g/mol. The molecule has 1 aromatic rings. The fraction of sp³-hybridized carbons (Fsp3) is 0.353. The number of cyclic esters (lactones) is 1. The summed E-state index contributed by atoms with van der Waals surface area (Å²) in [6, 6.07) is 6.04. The molecule has 1 atom stereocenters. The third kappa shape index (κ3) is 4.17. The number of amides is 3. The van der Waals surface area contributed by atoms with Gasteiger partial charge in [0.1, 0.15) is 24.7 Å². The van der Waals surface area contributed by atoms with Crippen molar-refractivity contribution in [3.63, 3.8) is 0 Å². The zero-order chi connectivity index (χ0) is 20.1. The Morgan fingerprint density at radius 3 is 2.93 bits per heavy atom. The highest BCUT2D eigenvalue weighted by atomic mass is 19.1. The van der Waals surface area contributed by atoms with Crippen LogP contribution in [0.5, 0.6) is 0 Å². The van der Waals surface area contributed by atoms with Gasteiger partial charge in [-0.15, -0.1) is 0 Å². The predicted octanol–water partition coefficient (Wildman–Crippen LogP) is 0.402. The van der Waals surface area contributed by atoms with Crippen LogP contribution < -0.4 is 15.1 Å². The van der Waals surface area contributed by atoms with Crippen LogP contribution in [0, 0.1) is 17.1 Å². The molecule has 1 N–H and O–H groups in total. The average Bonchev–Trinajstić information content (AvgIpc) is 3.07. The van der Waals surface area contributed by atoms with Crippen molar-refractivity contribution >= 4 is 36.1 Å². The second-order valence-corrected chi connectivity index (χ2v) is 6.08. The predicted molar refractivity (Wildman–Crippen MR) is 95.9 cm³/mol. The van der Waals surface area contributed by atoms with Crippen LogP contribution in [0.4, 0.5) is 20.6 Å². The molecule has 3 rings (SSSR count). The lowest BCUT2D eigenvalue weighted by atomic mass is 10.2. The largest absolute Gasteiger partial charge is 0.442 e. The molecule has 0 aromatic heterocycles. The minimum atomic E-state index is -0.646. The average molecular weight is 388 g/mol. The lowest BCUT2D eigenvalue weighted by molar-refractivity contribution is -0.120. The van der Waals surface area contributed by atoms with E-state index in [-0.39, 0.29) is 25.2 Å². The third-order valence-electron chi connectivity index (χ3n) is 4.22. The SMILES string of the molecule is N#CCC(=O)NC[C@H]1CN(c2ccc(N3C=NN(C=O)CC3)c(F)c2)C(=O)O1. The molecule has 0 saturated carbocycles. The summed E-state index contributed by atoms with van der Waals surface area (Å²) in [7, 11) is 0. The summed E-state index contributed by atoms with van der Waals surface area (Å²) in [6.45, 7) is 0.929. The van der Waals surface area contributed by atoms with Crippen LogP contribution in [0.25, 0.3) is 0 Å². The molecule has 11 heteroatoms. The molecule has 2 aliphatic rings. The number of carbonyl (C=O) groups is 3. The monoisotopic (exact) mass is 388 g/mol. The molecule has 1 saturated heterocycles. The number of ether oxygens (including phenoxy) is 1. The van der Waals surface area contributed by atoms with E-state index in [2.05, 4.69) is 10.4 Å². The standard InChI is InChI=1S/C17H17FN6O4/c18-14-7-12(1-2-15(14)22-5-6-23(11-25)21-10-22)24-9-13(28-17(24)27)8-20-16(26)3-4-19/h1-2,7,10-11,13H,3,5-6,8-9H2,(H,20,26)/t13-/m0/s1. The first kappa shape index (κ1) is 19.1. The maximum absolute atomic E-state index is 14.6. The summed E-state index contributed by atoms with van der Waals surface area (Å²) in [5, 5.41) is 16.0. The molecule has 2 aliphatic heterocycles. The molecule has 0 bridgehead atoms. The highest BCUT2D eigenvalue weighted by Crippen LogP contribution is 2.28. The Morgan fingerprint density at radius 2 is 2.29 bits per heavy atom. The van der Waals surface area contributed by atoms with E-state index in [9.17, 15) is 18.8 Å². The fourth-order valence-electron chi connectivity index (χ4n) is 2.81. The van der Waals surface area contributed by atoms with Crippen LogP contribution in [0.15, 0.2) is 23.3 Å².